The van der Waals surface area contributed by atoms with Crippen molar-refractivity contribution in [1.82, 2.24) is 0 Å². The molecule has 0 fully saturated rings. The van der Waals surface area contributed by atoms with E-state index in [1.54, 1.807) is 31.2 Å². The zero-order valence-electron chi connectivity index (χ0n) is 10.4. The molecular formula is C12H14N2O4S. The topological polar surface area (TPSA) is 88.8 Å². The van der Waals surface area contributed by atoms with Crippen molar-refractivity contribution in [2.24, 2.45) is 5.16 Å². The van der Waals surface area contributed by atoms with Crippen molar-refractivity contribution in [2.45, 2.75) is 19.8 Å². The van der Waals surface area contributed by atoms with E-state index in [1.165, 1.54) is 0 Å². The fourth-order valence-corrected chi connectivity index (χ4v) is 1.97. The SMILES string of the molecule is CCCS(=O)(=O)ON=COc1ccc(CC#N)cc1. The Bertz CT molecular complexity index is 558. The van der Waals surface area contributed by atoms with Crippen LogP contribution < -0.4 is 4.74 Å². The van der Waals surface area contributed by atoms with Crippen molar-refractivity contribution in [3.63, 3.8) is 0 Å². The molecule has 19 heavy (non-hydrogen) atoms. The monoisotopic (exact) mass is 282 g/mol. The molecule has 1 aromatic rings. The van der Waals surface area contributed by atoms with Crippen LogP contribution in [0.25, 0.3) is 0 Å². The smallest absolute Gasteiger partial charge is 0.328 e. The first-order chi connectivity index (χ1) is 9.07. The van der Waals surface area contributed by atoms with Gasteiger partial charge in [0.2, 0.25) is 6.40 Å². The van der Waals surface area contributed by atoms with E-state index in [2.05, 4.69) is 9.44 Å². The van der Waals surface area contributed by atoms with Gasteiger partial charge in [0, 0.05) is 0 Å². The zero-order valence-corrected chi connectivity index (χ0v) is 11.3. The number of ether oxygens (including phenoxy) is 1. The summed E-state index contributed by atoms with van der Waals surface area (Å²) in [7, 11) is -3.61. The van der Waals surface area contributed by atoms with Crippen molar-refractivity contribution in [1.29, 1.82) is 5.26 Å². The normalized spacial score (nSPS) is 11.2. The molecule has 1 rings (SSSR count). The number of oxime groups is 1. The summed E-state index contributed by atoms with van der Waals surface area (Å²) < 4.78 is 31.6. The van der Waals surface area contributed by atoms with Crippen LogP contribution in [0.4, 0.5) is 0 Å². The first-order valence-corrected chi connectivity index (χ1v) is 7.21. The van der Waals surface area contributed by atoms with Crippen LogP contribution in [0.1, 0.15) is 18.9 Å². The van der Waals surface area contributed by atoms with Crippen LogP contribution in [0.5, 0.6) is 5.75 Å². The van der Waals surface area contributed by atoms with Crippen LogP contribution in [0.2, 0.25) is 0 Å². The molecule has 7 heteroatoms. The first-order valence-electron chi connectivity index (χ1n) is 5.63. The number of benzene rings is 1. The van der Waals surface area contributed by atoms with Gasteiger partial charge in [0.1, 0.15) is 5.75 Å². The lowest BCUT2D eigenvalue weighted by Crippen LogP contribution is -2.06. The number of hydrogen-bond acceptors (Lipinski definition) is 6. The van der Waals surface area contributed by atoms with Crippen molar-refractivity contribution >= 4 is 16.5 Å². The fraction of sp³-hybridized carbons (Fsp3) is 0.333. The third-order valence-electron chi connectivity index (χ3n) is 2.05. The maximum atomic E-state index is 11.1. The van der Waals surface area contributed by atoms with E-state index in [0.717, 1.165) is 12.0 Å². The summed E-state index contributed by atoms with van der Waals surface area (Å²) in [6.07, 6.45) is 1.69. The summed E-state index contributed by atoms with van der Waals surface area (Å²) in [6.45, 7) is 1.73. The molecule has 0 atom stereocenters. The summed E-state index contributed by atoms with van der Waals surface area (Å²) in [6, 6.07) is 8.81. The van der Waals surface area contributed by atoms with Crippen LogP contribution in [-0.4, -0.2) is 20.6 Å². The van der Waals surface area contributed by atoms with Gasteiger partial charge in [0.15, 0.2) is 0 Å². The Kier molecular flexibility index (Phi) is 5.82. The molecule has 102 valence electrons. The Labute approximate surface area is 112 Å². The van der Waals surface area contributed by atoms with Crippen LogP contribution in [-0.2, 0) is 20.8 Å². The van der Waals surface area contributed by atoms with Gasteiger partial charge in [0.25, 0.3) is 0 Å². The highest BCUT2D eigenvalue weighted by Crippen LogP contribution is 2.11. The van der Waals surface area contributed by atoms with E-state index < -0.39 is 10.1 Å². The highest BCUT2D eigenvalue weighted by molar-refractivity contribution is 7.86. The van der Waals surface area contributed by atoms with E-state index >= 15 is 0 Å². The van der Waals surface area contributed by atoms with E-state index in [-0.39, 0.29) is 5.75 Å². The molecule has 0 aliphatic rings. The van der Waals surface area contributed by atoms with Crippen LogP contribution in [0.3, 0.4) is 0 Å². The Hall–Kier alpha value is -2.07. The number of rotatable bonds is 7. The van der Waals surface area contributed by atoms with Crippen LogP contribution in [0, 0.1) is 11.3 Å². The quantitative estimate of drug-likeness (QED) is 0.432. The molecule has 0 saturated heterocycles. The summed E-state index contributed by atoms with van der Waals surface area (Å²) in [4.78, 5) is 0. The van der Waals surface area contributed by atoms with Crippen molar-refractivity contribution in [2.75, 3.05) is 5.75 Å². The van der Waals surface area contributed by atoms with E-state index in [0.29, 0.717) is 18.6 Å². The molecule has 0 radical (unpaired) electrons. The van der Waals surface area contributed by atoms with E-state index in [1.807, 2.05) is 6.07 Å². The van der Waals surface area contributed by atoms with Crippen molar-refractivity contribution in [3.05, 3.63) is 29.8 Å². The minimum atomic E-state index is -3.61. The Morgan fingerprint density at radius 1 is 1.37 bits per heavy atom. The molecule has 0 N–H and O–H groups in total. The summed E-state index contributed by atoms with van der Waals surface area (Å²) >= 11 is 0. The van der Waals surface area contributed by atoms with Gasteiger partial charge in [-0.05, 0) is 29.3 Å². The maximum absolute atomic E-state index is 11.1. The highest BCUT2D eigenvalue weighted by atomic mass is 32.2. The molecule has 6 nitrogen and oxygen atoms in total. The molecule has 0 unspecified atom stereocenters. The molecule has 0 aromatic heterocycles. The molecule has 1 aromatic carbocycles. The molecule has 0 spiro atoms. The Balaban J connectivity index is 2.46. The van der Waals surface area contributed by atoms with E-state index in [4.69, 9.17) is 10.00 Å². The fourth-order valence-electron chi connectivity index (χ4n) is 1.23. The average Bonchev–Trinajstić information content (AvgIpc) is 2.37. The molecule has 0 bridgehead atoms. The van der Waals surface area contributed by atoms with Crippen molar-refractivity contribution in [3.8, 4) is 11.8 Å². The summed E-state index contributed by atoms with van der Waals surface area (Å²) in [5.41, 5.74) is 0.869. The second-order valence-electron chi connectivity index (χ2n) is 3.64. The van der Waals surface area contributed by atoms with Gasteiger partial charge in [-0.3, -0.25) is 4.28 Å². The second kappa shape index (κ2) is 7.38. The van der Waals surface area contributed by atoms with Gasteiger partial charge >= 0.3 is 10.1 Å². The standard InChI is InChI=1S/C12H14N2O4S/c1-2-9-19(15,16)18-14-10-17-12-5-3-11(4-6-12)7-8-13/h3-6,10H,2,7,9H2,1H3. The first kappa shape index (κ1) is 15.0. The molecule has 0 aliphatic heterocycles. The Morgan fingerprint density at radius 3 is 2.63 bits per heavy atom. The van der Waals surface area contributed by atoms with Gasteiger partial charge in [-0.2, -0.15) is 13.7 Å². The lowest BCUT2D eigenvalue weighted by atomic mass is 10.2. The van der Waals surface area contributed by atoms with Crippen molar-refractivity contribution < 1.29 is 17.4 Å². The average molecular weight is 282 g/mol. The van der Waals surface area contributed by atoms with Gasteiger partial charge in [-0.15, -0.1) is 0 Å². The lowest BCUT2D eigenvalue weighted by molar-refractivity contribution is 0.330. The largest absolute Gasteiger partial charge is 0.442 e. The molecule has 0 amide bonds. The number of nitrogens with zero attached hydrogens (tertiary/aromatic N) is 2. The minimum Gasteiger partial charge on any atom is -0.442 e. The molecular weight excluding hydrogens is 268 g/mol. The summed E-state index contributed by atoms with van der Waals surface area (Å²) in [5, 5.41) is 11.7. The highest BCUT2D eigenvalue weighted by Gasteiger charge is 2.08. The maximum Gasteiger partial charge on any atom is 0.328 e. The number of nitriles is 1. The third-order valence-corrected chi connectivity index (χ3v) is 3.27. The van der Waals surface area contributed by atoms with Gasteiger partial charge in [-0.25, -0.2) is 0 Å². The van der Waals surface area contributed by atoms with Crippen LogP contribution in [0.15, 0.2) is 29.4 Å². The summed E-state index contributed by atoms with van der Waals surface area (Å²) in [5.74, 6) is 0.384. The predicted molar refractivity (Wildman–Crippen MR) is 70.0 cm³/mol. The van der Waals surface area contributed by atoms with Gasteiger partial charge < -0.3 is 4.74 Å². The second-order valence-corrected chi connectivity index (χ2v) is 5.32. The zero-order chi connectivity index (χ0) is 14.1. The van der Waals surface area contributed by atoms with E-state index in [9.17, 15) is 8.42 Å². The molecule has 0 heterocycles. The molecule has 0 saturated carbocycles. The third kappa shape index (κ3) is 5.88. The predicted octanol–water partition coefficient (Wildman–Crippen LogP) is 1.83. The Morgan fingerprint density at radius 2 is 2.05 bits per heavy atom. The number of hydrogen-bond donors (Lipinski definition) is 0. The van der Waals surface area contributed by atoms with Gasteiger partial charge in [0.05, 0.1) is 18.2 Å². The lowest BCUT2D eigenvalue weighted by Gasteiger charge is -2.00. The minimum absolute atomic E-state index is 0.0901. The van der Waals surface area contributed by atoms with Gasteiger partial charge in [-0.1, -0.05) is 19.1 Å². The molecule has 0 aliphatic carbocycles. The van der Waals surface area contributed by atoms with Crippen LogP contribution >= 0.6 is 0 Å².